The first-order chi connectivity index (χ1) is 7.18. The maximum atomic E-state index is 13.5. The van der Waals surface area contributed by atoms with Gasteiger partial charge in [-0.15, -0.1) is 0 Å². The Morgan fingerprint density at radius 2 is 2.27 bits per heavy atom. The molecule has 3 heteroatoms. The predicted molar refractivity (Wildman–Crippen MR) is 57.2 cm³/mol. The summed E-state index contributed by atoms with van der Waals surface area (Å²) in [6, 6.07) is 4.69. The first-order valence-corrected chi connectivity index (χ1v) is 5.35. The van der Waals surface area contributed by atoms with Crippen LogP contribution in [0.2, 0.25) is 0 Å². The summed E-state index contributed by atoms with van der Waals surface area (Å²) in [7, 11) is 0. The Morgan fingerprint density at radius 3 is 2.87 bits per heavy atom. The van der Waals surface area contributed by atoms with E-state index < -0.39 is 0 Å². The van der Waals surface area contributed by atoms with E-state index in [1.165, 1.54) is 18.9 Å². The van der Waals surface area contributed by atoms with Crippen molar-refractivity contribution < 1.29 is 9.13 Å². The standard InChI is InChI=1S/C12H16FNO/c1-8(14)10-3-2-4-11(13)12(10)15-7-9-5-6-9/h2-4,8-9H,5-7,14H2,1H3/t8-/m1/s1. The van der Waals surface area contributed by atoms with Gasteiger partial charge in [0.2, 0.25) is 0 Å². The molecule has 0 unspecified atom stereocenters. The summed E-state index contributed by atoms with van der Waals surface area (Å²) in [5, 5.41) is 0. The van der Waals surface area contributed by atoms with E-state index in [0.717, 1.165) is 5.56 Å². The second-order valence-corrected chi connectivity index (χ2v) is 4.20. The van der Waals surface area contributed by atoms with Gasteiger partial charge < -0.3 is 10.5 Å². The van der Waals surface area contributed by atoms with Gasteiger partial charge in [0.15, 0.2) is 11.6 Å². The monoisotopic (exact) mass is 209 g/mol. The van der Waals surface area contributed by atoms with E-state index in [9.17, 15) is 4.39 Å². The third-order valence-corrected chi connectivity index (χ3v) is 2.65. The molecule has 0 radical (unpaired) electrons. The van der Waals surface area contributed by atoms with Crippen molar-refractivity contribution in [2.45, 2.75) is 25.8 Å². The smallest absolute Gasteiger partial charge is 0.165 e. The summed E-state index contributed by atoms with van der Waals surface area (Å²) < 4.78 is 19.0. The highest BCUT2D eigenvalue weighted by Gasteiger charge is 2.23. The van der Waals surface area contributed by atoms with Crippen LogP contribution < -0.4 is 10.5 Å². The number of nitrogens with two attached hydrogens (primary N) is 1. The molecule has 1 aromatic rings. The van der Waals surface area contributed by atoms with Gasteiger partial charge in [-0.2, -0.15) is 0 Å². The van der Waals surface area contributed by atoms with Crippen molar-refractivity contribution in [3.05, 3.63) is 29.6 Å². The number of benzene rings is 1. The molecular weight excluding hydrogens is 193 g/mol. The zero-order valence-corrected chi connectivity index (χ0v) is 8.87. The van der Waals surface area contributed by atoms with E-state index in [-0.39, 0.29) is 11.9 Å². The molecule has 0 heterocycles. The molecule has 15 heavy (non-hydrogen) atoms. The lowest BCUT2D eigenvalue weighted by atomic mass is 10.1. The second kappa shape index (κ2) is 4.19. The number of hydrogen-bond donors (Lipinski definition) is 1. The predicted octanol–water partition coefficient (Wildman–Crippen LogP) is 2.63. The normalized spacial score (nSPS) is 17.5. The Labute approximate surface area is 89.2 Å². The zero-order valence-electron chi connectivity index (χ0n) is 8.87. The molecule has 1 fully saturated rings. The molecule has 0 spiro atoms. The van der Waals surface area contributed by atoms with Crippen LogP contribution in [0.4, 0.5) is 4.39 Å². The van der Waals surface area contributed by atoms with Crippen molar-refractivity contribution in [1.82, 2.24) is 0 Å². The Balaban J connectivity index is 2.16. The second-order valence-electron chi connectivity index (χ2n) is 4.20. The molecule has 0 bridgehead atoms. The molecular formula is C12H16FNO. The van der Waals surface area contributed by atoms with Crippen molar-refractivity contribution in [3.8, 4) is 5.75 Å². The first-order valence-electron chi connectivity index (χ1n) is 5.35. The van der Waals surface area contributed by atoms with Gasteiger partial charge in [0.1, 0.15) is 0 Å². The molecule has 0 saturated heterocycles. The van der Waals surface area contributed by atoms with Gasteiger partial charge in [-0.25, -0.2) is 4.39 Å². The molecule has 2 nitrogen and oxygen atoms in total. The van der Waals surface area contributed by atoms with E-state index in [1.807, 2.05) is 13.0 Å². The van der Waals surface area contributed by atoms with Crippen molar-refractivity contribution in [2.75, 3.05) is 6.61 Å². The maximum Gasteiger partial charge on any atom is 0.165 e. The average molecular weight is 209 g/mol. The van der Waals surface area contributed by atoms with Crippen LogP contribution >= 0.6 is 0 Å². The van der Waals surface area contributed by atoms with Crippen molar-refractivity contribution >= 4 is 0 Å². The summed E-state index contributed by atoms with van der Waals surface area (Å²) in [5.41, 5.74) is 6.50. The molecule has 1 aromatic carbocycles. The van der Waals surface area contributed by atoms with E-state index in [4.69, 9.17) is 10.5 Å². The highest BCUT2D eigenvalue weighted by Crippen LogP contribution is 2.32. The van der Waals surface area contributed by atoms with E-state index >= 15 is 0 Å². The Morgan fingerprint density at radius 1 is 1.53 bits per heavy atom. The summed E-state index contributed by atoms with van der Waals surface area (Å²) in [4.78, 5) is 0. The Kier molecular flexibility index (Phi) is 2.91. The molecule has 1 atom stereocenters. The van der Waals surface area contributed by atoms with Crippen LogP contribution in [0, 0.1) is 11.7 Å². The maximum absolute atomic E-state index is 13.5. The fraction of sp³-hybridized carbons (Fsp3) is 0.500. The molecule has 0 amide bonds. The van der Waals surface area contributed by atoms with Gasteiger partial charge in [-0.1, -0.05) is 12.1 Å². The summed E-state index contributed by atoms with van der Waals surface area (Å²) in [5.74, 6) is 0.635. The van der Waals surface area contributed by atoms with Gasteiger partial charge in [0.25, 0.3) is 0 Å². The minimum atomic E-state index is -0.314. The molecule has 2 N–H and O–H groups in total. The third kappa shape index (κ3) is 2.48. The van der Waals surface area contributed by atoms with Crippen molar-refractivity contribution in [2.24, 2.45) is 11.7 Å². The quantitative estimate of drug-likeness (QED) is 0.827. The lowest BCUT2D eigenvalue weighted by Gasteiger charge is -2.14. The van der Waals surface area contributed by atoms with Crippen molar-refractivity contribution in [1.29, 1.82) is 0 Å². The van der Waals surface area contributed by atoms with Crippen LogP contribution in [0.3, 0.4) is 0 Å². The topological polar surface area (TPSA) is 35.2 Å². The lowest BCUT2D eigenvalue weighted by molar-refractivity contribution is 0.281. The summed E-state index contributed by atoms with van der Waals surface area (Å²) >= 11 is 0. The largest absolute Gasteiger partial charge is 0.490 e. The number of rotatable bonds is 4. The SMILES string of the molecule is C[C@@H](N)c1cccc(F)c1OCC1CC1. The number of ether oxygens (including phenoxy) is 1. The van der Waals surface area contributed by atoms with Gasteiger partial charge in [0, 0.05) is 11.6 Å². The average Bonchev–Trinajstić information content (AvgIpc) is 2.99. The van der Waals surface area contributed by atoms with E-state index in [1.54, 1.807) is 6.07 Å². The minimum absolute atomic E-state index is 0.199. The molecule has 0 aliphatic heterocycles. The minimum Gasteiger partial charge on any atom is -0.490 e. The summed E-state index contributed by atoms with van der Waals surface area (Å²) in [6.45, 7) is 2.44. The number of hydrogen-bond acceptors (Lipinski definition) is 2. The molecule has 1 aliphatic carbocycles. The lowest BCUT2D eigenvalue weighted by Crippen LogP contribution is -2.10. The van der Waals surface area contributed by atoms with Crippen LogP contribution in [0.5, 0.6) is 5.75 Å². The Hall–Kier alpha value is -1.09. The van der Waals surface area contributed by atoms with Crippen LogP contribution in [0.1, 0.15) is 31.4 Å². The number of halogens is 1. The molecule has 82 valence electrons. The van der Waals surface area contributed by atoms with Crippen molar-refractivity contribution in [3.63, 3.8) is 0 Å². The zero-order chi connectivity index (χ0) is 10.8. The molecule has 1 saturated carbocycles. The van der Waals surface area contributed by atoms with Gasteiger partial charge >= 0.3 is 0 Å². The fourth-order valence-electron chi connectivity index (χ4n) is 1.52. The Bertz CT molecular complexity index is 347. The molecule has 1 aliphatic rings. The van der Waals surface area contributed by atoms with Gasteiger partial charge in [-0.3, -0.25) is 0 Å². The van der Waals surface area contributed by atoms with Crippen LogP contribution in [-0.4, -0.2) is 6.61 Å². The third-order valence-electron chi connectivity index (χ3n) is 2.65. The fourth-order valence-corrected chi connectivity index (χ4v) is 1.52. The highest BCUT2D eigenvalue weighted by molar-refractivity contribution is 5.37. The number of para-hydroxylation sites is 1. The first kappa shape index (κ1) is 10.4. The highest BCUT2D eigenvalue weighted by atomic mass is 19.1. The van der Waals surface area contributed by atoms with Gasteiger partial charge in [0.05, 0.1) is 6.61 Å². The van der Waals surface area contributed by atoms with E-state index in [0.29, 0.717) is 18.3 Å². The van der Waals surface area contributed by atoms with Crippen LogP contribution in [0.25, 0.3) is 0 Å². The molecule has 2 rings (SSSR count). The summed E-state index contributed by atoms with van der Waals surface area (Å²) in [6.07, 6.45) is 2.39. The molecule has 0 aromatic heterocycles. The van der Waals surface area contributed by atoms with Crippen LogP contribution in [-0.2, 0) is 0 Å². The van der Waals surface area contributed by atoms with Crippen LogP contribution in [0.15, 0.2) is 18.2 Å². The van der Waals surface area contributed by atoms with Gasteiger partial charge in [-0.05, 0) is 31.7 Å². The van der Waals surface area contributed by atoms with E-state index in [2.05, 4.69) is 0 Å².